The van der Waals surface area contributed by atoms with E-state index in [1.807, 2.05) is 48.7 Å². The van der Waals surface area contributed by atoms with Crippen LogP contribution in [0.3, 0.4) is 0 Å². The van der Waals surface area contributed by atoms with Crippen molar-refractivity contribution >= 4 is 27.5 Å². The molecule has 35 heavy (non-hydrogen) atoms. The number of amides is 1. The Kier molecular flexibility index (Phi) is 6.72. The molecule has 1 fully saturated rings. The molecule has 0 atom stereocenters. The van der Waals surface area contributed by atoms with Crippen molar-refractivity contribution in [2.75, 3.05) is 0 Å². The summed E-state index contributed by atoms with van der Waals surface area (Å²) in [6.45, 7) is 3.24. The first-order valence-electron chi connectivity index (χ1n) is 12.1. The minimum Gasteiger partial charge on any atom is -0.467 e. The Labute approximate surface area is 207 Å². The van der Waals surface area contributed by atoms with Crippen molar-refractivity contribution in [3.05, 3.63) is 91.8 Å². The van der Waals surface area contributed by atoms with Gasteiger partial charge >= 0.3 is 5.69 Å². The first-order valence-corrected chi connectivity index (χ1v) is 12.9. The van der Waals surface area contributed by atoms with Crippen LogP contribution in [0.2, 0.25) is 0 Å². The van der Waals surface area contributed by atoms with Crippen molar-refractivity contribution in [1.29, 1.82) is 0 Å². The summed E-state index contributed by atoms with van der Waals surface area (Å²) >= 11 is 1.38. The molecule has 7 nitrogen and oxygen atoms in total. The van der Waals surface area contributed by atoms with Gasteiger partial charge in [-0.05, 0) is 67.7 Å². The van der Waals surface area contributed by atoms with Crippen molar-refractivity contribution < 1.29 is 9.21 Å². The molecule has 3 aromatic heterocycles. The molecule has 182 valence electrons. The van der Waals surface area contributed by atoms with E-state index in [2.05, 4.69) is 5.32 Å². The molecule has 1 amide bonds. The molecular formula is C27H29N3O4S. The van der Waals surface area contributed by atoms with Crippen molar-refractivity contribution in [2.45, 2.75) is 52.2 Å². The number of rotatable bonds is 7. The Balaban J connectivity index is 1.30. The third-order valence-corrected chi connectivity index (χ3v) is 7.86. The molecule has 1 N–H and O–H groups in total. The Bertz CT molecular complexity index is 1420. The smallest absolute Gasteiger partial charge is 0.331 e. The van der Waals surface area contributed by atoms with Gasteiger partial charge in [0.1, 0.15) is 10.5 Å². The molecule has 0 saturated heterocycles. The summed E-state index contributed by atoms with van der Waals surface area (Å²) in [5.41, 5.74) is 2.41. The maximum absolute atomic E-state index is 13.5. The zero-order valence-corrected chi connectivity index (χ0v) is 20.6. The highest BCUT2D eigenvalue weighted by atomic mass is 32.1. The summed E-state index contributed by atoms with van der Waals surface area (Å²) in [4.78, 5) is 39.2. The van der Waals surface area contributed by atoms with Crippen LogP contribution in [0.25, 0.3) is 10.2 Å². The van der Waals surface area contributed by atoms with E-state index in [9.17, 15) is 14.4 Å². The zero-order valence-electron chi connectivity index (χ0n) is 19.7. The molecule has 0 aliphatic heterocycles. The molecule has 1 aliphatic carbocycles. The van der Waals surface area contributed by atoms with Gasteiger partial charge in [-0.15, -0.1) is 11.3 Å². The zero-order chi connectivity index (χ0) is 24.4. The number of nitrogens with one attached hydrogen (secondary N) is 1. The first kappa shape index (κ1) is 23.4. The van der Waals surface area contributed by atoms with E-state index in [1.165, 1.54) is 15.9 Å². The number of carbonyl (C=O) groups is 1. The highest BCUT2D eigenvalue weighted by Gasteiger charge is 2.27. The van der Waals surface area contributed by atoms with Crippen LogP contribution in [0.1, 0.15) is 42.6 Å². The number of thiophene rings is 1. The third kappa shape index (κ3) is 5.03. The lowest BCUT2D eigenvalue weighted by Crippen LogP contribution is -2.42. The van der Waals surface area contributed by atoms with Crippen LogP contribution in [-0.4, -0.2) is 15.0 Å². The lowest BCUT2D eigenvalue weighted by Gasteiger charge is -2.28. The molecule has 8 heteroatoms. The fourth-order valence-electron chi connectivity index (χ4n) is 4.92. The molecule has 0 spiro atoms. The first-order chi connectivity index (χ1) is 17.0. The van der Waals surface area contributed by atoms with Gasteiger partial charge in [-0.1, -0.05) is 29.8 Å². The second-order valence-corrected chi connectivity index (χ2v) is 10.3. The van der Waals surface area contributed by atoms with E-state index < -0.39 is 0 Å². The van der Waals surface area contributed by atoms with Gasteiger partial charge in [-0.25, -0.2) is 4.79 Å². The average Bonchev–Trinajstić information content (AvgIpc) is 3.57. The molecule has 0 radical (unpaired) electrons. The number of aryl methyl sites for hydroxylation is 1. The van der Waals surface area contributed by atoms with Gasteiger partial charge in [-0.2, -0.15) is 0 Å². The Morgan fingerprint density at radius 1 is 1.06 bits per heavy atom. The van der Waals surface area contributed by atoms with Crippen molar-refractivity contribution in [1.82, 2.24) is 14.5 Å². The molecule has 0 bridgehead atoms. The lowest BCUT2D eigenvalue weighted by atomic mass is 9.81. The predicted molar refractivity (Wildman–Crippen MR) is 137 cm³/mol. The molecule has 3 heterocycles. The fourth-order valence-corrected chi connectivity index (χ4v) is 5.76. The van der Waals surface area contributed by atoms with Crippen LogP contribution in [0.4, 0.5) is 0 Å². The summed E-state index contributed by atoms with van der Waals surface area (Å²) in [6, 6.07) is 13.6. The highest BCUT2D eigenvalue weighted by Crippen LogP contribution is 2.30. The molecule has 1 aromatic carbocycles. The van der Waals surface area contributed by atoms with Gasteiger partial charge in [0, 0.05) is 12.5 Å². The van der Waals surface area contributed by atoms with Gasteiger partial charge in [0.25, 0.3) is 5.56 Å². The van der Waals surface area contributed by atoms with E-state index in [-0.39, 0.29) is 29.0 Å². The van der Waals surface area contributed by atoms with Gasteiger partial charge < -0.3 is 9.73 Å². The number of hydrogen-bond donors (Lipinski definition) is 1. The lowest BCUT2D eigenvalue weighted by molar-refractivity contribution is -0.126. The van der Waals surface area contributed by atoms with Crippen molar-refractivity contribution in [3.8, 4) is 0 Å². The molecule has 1 aliphatic rings. The Morgan fingerprint density at radius 2 is 1.83 bits per heavy atom. The second-order valence-electron chi connectivity index (χ2n) is 9.42. The third-order valence-electron chi connectivity index (χ3n) is 6.97. The molecule has 0 unspecified atom stereocenters. The van der Waals surface area contributed by atoms with Gasteiger partial charge in [0.05, 0.1) is 24.9 Å². The van der Waals surface area contributed by atoms with Gasteiger partial charge in [0.2, 0.25) is 5.91 Å². The number of fused-ring (bicyclic) bond motifs is 1. The fraction of sp³-hybridized carbons (Fsp3) is 0.370. The van der Waals surface area contributed by atoms with Gasteiger partial charge in [0.15, 0.2) is 0 Å². The van der Waals surface area contributed by atoms with E-state index in [0.29, 0.717) is 29.9 Å². The monoisotopic (exact) mass is 491 g/mol. The van der Waals surface area contributed by atoms with Crippen molar-refractivity contribution in [2.24, 2.45) is 11.8 Å². The second kappa shape index (κ2) is 10.1. The number of aromatic nitrogens is 2. The van der Waals surface area contributed by atoms with E-state index in [0.717, 1.165) is 42.6 Å². The maximum atomic E-state index is 13.5. The summed E-state index contributed by atoms with van der Waals surface area (Å²) in [5.74, 6) is 0.922. The van der Waals surface area contributed by atoms with E-state index in [4.69, 9.17) is 4.42 Å². The normalized spacial score (nSPS) is 18.1. The minimum atomic E-state index is -0.264. The molecule has 4 aromatic rings. The minimum absolute atomic E-state index is 0.0393. The number of hydrogen-bond acceptors (Lipinski definition) is 5. The number of nitrogens with zero attached hydrogens (tertiary/aromatic N) is 2. The van der Waals surface area contributed by atoms with Crippen LogP contribution in [0, 0.1) is 18.8 Å². The number of carbonyl (C=O) groups excluding carboxylic acids is 1. The molecular weight excluding hydrogens is 462 g/mol. The molecule has 5 rings (SSSR count). The maximum Gasteiger partial charge on any atom is 0.331 e. The van der Waals surface area contributed by atoms with Crippen LogP contribution in [0.15, 0.2) is 68.1 Å². The SMILES string of the molecule is Cc1ccc(Cn2c(=O)n(CC3CCC(C(=O)NCc4ccco4)CC3)c(=O)c3sccc32)cc1. The highest BCUT2D eigenvalue weighted by molar-refractivity contribution is 7.17. The summed E-state index contributed by atoms with van der Waals surface area (Å²) in [7, 11) is 0. The predicted octanol–water partition coefficient (Wildman–Crippen LogP) is 4.30. The van der Waals surface area contributed by atoms with Crippen LogP contribution < -0.4 is 16.6 Å². The standard InChI is InChI=1S/C27H29N3O4S/c1-18-4-6-19(7-5-18)16-29-23-12-14-35-24(23)26(32)30(27(29)33)17-20-8-10-21(11-9-20)25(31)28-15-22-3-2-13-34-22/h2-7,12-14,20-21H,8-11,15-17H2,1H3,(H,28,31). The van der Waals surface area contributed by atoms with Crippen LogP contribution >= 0.6 is 11.3 Å². The summed E-state index contributed by atoms with van der Waals surface area (Å²) in [6.07, 6.45) is 4.72. The Morgan fingerprint density at radius 3 is 2.54 bits per heavy atom. The number of furan rings is 1. The summed E-state index contributed by atoms with van der Waals surface area (Å²) in [5, 5.41) is 4.82. The Hall–Kier alpha value is -3.39. The van der Waals surface area contributed by atoms with Crippen LogP contribution in [-0.2, 0) is 24.4 Å². The van der Waals surface area contributed by atoms with Crippen molar-refractivity contribution in [3.63, 3.8) is 0 Å². The summed E-state index contributed by atoms with van der Waals surface area (Å²) < 4.78 is 9.02. The van der Waals surface area contributed by atoms with Gasteiger partial charge in [-0.3, -0.25) is 18.7 Å². The largest absolute Gasteiger partial charge is 0.467 e. The number of benzene rings is 1. The van der Waals surface area contributed by atoms with E-state index in [1.54, 1.807) is 16.9 Å². The quantitative estimate of drug-likeness (QED) is 0.418. The average molecular weight is 492 g/mol. The van der Waals surface area contributed by atoms with E-state index >= 15 is 0 Å². The topological polar surface area (TPSA) is 86.2 Å². The van der Waals surface area contributed by atoms with Crippen LogP contribution in [0.5, 0.6) is 0 Å². The molecule has 1 saturated carbocycles.